The molecular formula is C18H27N3O. The molecule has 4 heteroatoms. The third-order valence-corrected chi connectivity index (χ3v) is 5.14. The Morgan fingerprint density at radius 2 is 2.09 bits per heavy atom. The summed E-state index contributed by atoms with van der Waals surface area (Å²) in [6, 6.07) is 8.81. The number of hydrogen-bond acceptors (Lipinski definition) is 3. The van der Waals surface area contributed by atoms with E-state index in [-0.39, 0.29) is 11.9 Å². The minimum absolute atomic E-state index is 0.0395. The fourth-order valence-electron chi connectivity index (χ4n) is 3.74. The summed E-state index contributed by atoms with van der Waals surface area (Å²) < 4.78 is 0. The van der Waals surface area contributed by atoms with Crippen LogP contribution in [-0.2, 0) is 11.2 Å². The number of amides is 1. The number of fused-ring (bicyclic) bond motifs is 1. The zero-order chi connectivity index (χ0) is 15.5. The summed E-state index contributed by atoms with van der Waals surface area (Å²) in [5, 5.41) is 3.36. The van der Waals surface area contributed by atoms with Crippen LogP contribution >= 0.6 is 0 Å². The van der Waals surface area contributed by atoms with E-state index in [2.05, 4.69) is 35.3 Å². The van der Waals surface area contributed by atoms with Crippen LogP contribution in [0.25, 0.3) is 0 Å². The van der Waals surface area contributed by atoms with E-state index < -0.39 is 0 Å². The van der Waals surface area contributed by atoms with Gasteiger partial charge < -0.3 is 10.2 Å². The molecule has 2 aliphatic rings. The monoisotopic (exact) mass is 301 g/mol. The van der Waals surface area contributed by atoms with Gasteiger partial charge in [-0.25, -0.2) is 0 Å². The van der Waals surface area contributed by atoms with Crippen molar-refractivity contribution in [2.45, 2.75) is 44.7 Å². The molecule has 1 N–H and O–H groups in total. The number of hydrogen-bond donors (Lipinski definition) is 1. The summed E-state index contributed by atoms with van der Waals surface area (Å²) in [7, 11) is 2.02. The van der Waals surface area contributed by atoms with E-state index in [1.165, 1.54) is 18.4 Å². The Morgan fingerprint density at radius 3 is 2.91 bits per heavy atom. The Bertz CT molecular complexity index is 531. The number of aryl methyl sites for hydroxylation is 1. The zero-order valence-corrected chi connectivity index (χ0v) is 13.7. The van der Waals surface area contributed by atoms with Gasteiger partial charge in [-0.3, -0.25) is 9.69 Å². The lowest BCUT2D eigenvalue weighted by atomic mass is 10.00. The van der Waals surface area contributed by atoms with Crippen LogP contribution in [0, 0.1) is 0 Å². The predicted molar refractivity (Wildman–Crippen MR) is 90.2 cm³/mol. The van der Waals surface area contributed by atoms with Crippen LogP contribution in [0.1, 0.15) is 31.7 Å². The SMILES string of the molecule is CNC1CCCN(C(C)C(=O)N2CCCc3ccccc32)C1. The number of likely N-dealkylation sites (tertiary alicyclic amines) is 1. The van der Waals surface area contributed by atoms with Crippen LogP contribution in [0.5, 0.6) is 0 Å². The quantitative estimate of drug-likeness (QED) is 0.928. The van der Waals surface area contributed by atoms with Crippen LogP contribution in [0.2, 0.25) is 0 Å². The van der Waals surface area contributed by atoms with Gasteiger partial charge in [-0.05, 0) is 57.8 Å². The number of piperidine rings is 1. The molecule has 0 bridgehead atoms. The second-order valence-corrected chi connectivity index (χ2v) is 6.52. The van der Waals surface area contributed by atoms with Gasteiger partial charge in [0, 0.05) is 24.8 Å². The first-order chi connectivity index (χ1) is 10.7. The van der Waals surface area contributed by atoms with Crippen LogP contribution in [-0.4, -0.2) is 49.6 Å². The number of anilines is 1. The molecule has 0 spiro atoms. The molecule has 22 heavy (non-hydrogen) atoms. The number of nitrogens with one attached hydrogen (secondary N) is 1. The van der Waals surface area contributed by atoms with E-state index in [1.807, 2.05) is 18.0 Å². The van der Waals surface area contributed by atoms with Crippen molar-refractivity contribution in [2.75, 3.05) is 31.6 Å². The second kappa shape index (κ2) is 6.80. The van der Waals surface area contributed by atoms with Gasteiger partial charge in [-0.15, -0.1) is 0 Å². The first kappa shape index (κ1) is 15.5. The van der Waals surface area contributed by atoms with Crippen molar-refractivity contribution in [3.05, 3.63) is 29.8 Å². The summed E-state index contributed by atoms with van der Waals surface area (Å²) in [6.45, 7) is 4.92. The van der Waals surface area contributed by atoms with E-state index in [9.17, 15) is 4.79 Å². The molecule has 0 radical (unpaired) electrons. The molecule has 120 valence electrons. The Morgan fingerprint density at radius 1 is 1.27 bits per heavy atom. The van der Waals surface area contributed by atoms with Gasteiger partial charge in [-0.1, -0.05) is 18.2 Å². The average Bonchev–Trinajstić information content (AvgIpc) is 2.60. The van der Waals surface area contributed by atoms with E-state index in [0.29, 0.717) is 6.04 Å². The highest BCUT2D eigenvalue weighted by atomic mass is 16.2. The van der Waals surface area contributed by atoms with Gasteiger partial charge in [-0.2, -0.15) is 0 Å². The van der Waals surface area contributed by atoms with Crippen LogP contribution in [0.3, 0.4) is 0 Å². The summed E-state index contributed by atoms with van der Waals surface area (Å²) in [6.07, 6.45) is 4.52. The van der Waals surface area contributed by atoms with Crippen molar-refractivity contribution < 1.29 is 4.79 Å². The van der Waals surface area contributed by atoms with Gasteiger partial charge in [0.2, 0.25) is 5.91 Å². The number of likely N-dealkylation sites (N-methyl/N-ethyl adjacent to an activating group) is 1. The third-order valence-electron chi connectivity index (χ3n) is 5.14. The maximum atomic E-state index is 13.0. The fraction of sp³-hybridized carbons (Fsp3) is 0.611. The minimum atomic E-state index is -0.0395. The first-order valence-electron chi connectivity index (χ1n) is 8.51. The van der Waals surface area contributed by atoms with Crippen LogP contribution < -0.4 is 10.2 Å². The van der Waals surface area contributed by atoms with Crippen molar-refractivity contribution in [2.24, 2.45) is 0 Å². The fourth-order valence-corrected chi connectivity index (χ4v) is 3.74. The van der Waals surface area contributed by atoms with Crippen molar-refractivity contribution in [3.63, 3.8) is 0 Å². The van der Waals surface area contributed by atoms with Gasteiger partial charge in [0.1, 0.15) is 0 Å². The first-order valence-corrected chi connectivity index (χ1v) is 8.51. The Kier molecular flexibility index (Phi) is 4.79. The topological polar surface area (TPSA) is 35.6 Å². The van der Waals surface area contributed by atoms with E-state index in [0.717, 1.165) is 38.2 Å². The number of para-hydroxylation sites is 1. The molecule has 1 fully saturated rings. The summed E-state index contributed by atoms with van der Waals surface area (Å²) in [5.74, 6) is 0.254. The van der Waals surface area contributed by atoms with Crippen LogP contribution in [0.15, 0.2) is 24.3 Å². The summed E-state index contributed by atoms with van der Waals surface area (Å²) >= 11 is 0. The van der Waals surface area contributed by atoms with E-state index in [1.54, 1.807) is 0 Å². The van der Waals surface area contributed by atoms with Crippen molar-refractivity contribution in [3.8, 4) is 0 Å². The lowest BCUT2D eigenvalue weighted by Crippen LogP contribution is -2.54. The highest BCUT2D eigenvalue weighted by molar-refractivity contribution is 5.98. The molecule has 2 atom stereocenters. The number of benzene rings is 1. The lowest BCUT2D eigenvalue weighted by Gasteiger charge is -2.39. The zero-order valence-electron chi connectivity index (χ0n) is 13.7. The Labute approximate surface area is 133 Å². The average molecular weight is 301 g/mol. The predicted octanol–water partition coefficient (Wildman–Crippen LogP) is 2.04. The van der Waals surface area contributed by atoms with Crippen molar-refractivity contribution >= 4 is 11.6 Å². The molecule has 1 aromatic rings. The molecule has 4 nitrogen and oxygen atoms in total. The molecule has 3 rings (SSSR count). The van der Waals surface area contributed by atoms with Gasteiger partial charge in [0.05, 0.1) is 6.04 Å². The van der Waals surface area contributed by atoms with Gasteiger partial charge in [0.25, 0.3) is 0 Å². The van der Waals surface area contributed by atoms with Gasteiger partial charge in [0.15, 0.2) is 0 Å². The Balaban J connectivity index is 1.74. The molecule has 2 heterocycles. The highest BCUT2D eigenvalue weighted by Gasteiger charge is 2.31. The molecule has 1 saturated heterocycles. The molecule has 1 amide bonds. The molecule has 2 aliphatic heterocycles. The largest absolute Gasteiger partial charge is 0.316 e. The molecular weight excluding hydrogens is 274 g/mol. The van der Waals surface area contributed by atoms with E-state index in [4.69, 9.17) is 0 Å². The number of rotatable bonds is 3. The normalized spacial score (nSPS) is 23.9. The molecule has 2 unspecified atom stereocenters. The summed E-state index contributed by atoms with van der Waals surface area (Å²) in [5.41, 5.74) is 2.42. The van der Waals surface area contributed by atoms with Crippen molar-refractivity contribution in [1.29, 1.82) is 0 Å². The van der Waals surface area contributed by atoms with Gasteiger partial charge >= 0.3 is 0 Å². The number of nitrogens with zero attached hydrogens (tertiary/aromatic N) is 2. The minimum Gasteiger partial charge on any atom is -0.316 e. The lowest BCUT2D eigenvalue weighted by molar-refractivity contribution is -0.123. The summed E-state index contributed by atoms with van der Waals surface area (Å²) in [4.78, 5) is 17.4. The number of carbonyl (C=O) groups excluding carboxylic acids is 1. The van der Waals surface area contributed by atoms with Crippen molar-refractivity contribution in [1.82, 2.24) is 10.2 Å². The smallest absolute Gasteiger partial charge is 0.244 e. The maximum absolute atomic E-state index is 13.0. The third kappa shape index (κ3) is 3.03. The molecule has 0 aliphatic carbocycles. The molecule has 0 saturated carbocycles. The van der Waals surface area contributed by atoms with Crippen LogP contribution in [0.4, 0.5) is 5.69 Å². The molecule has 0 aromatic heterocycles. The molecule has 1 aromatic carbocycles. The number of carbonyl (C=O) groups is 1. The van der Waals surface area contributed by atoms with E-state index >= 15 is 0 Å². The maximum Gasteiger partial charge on any atom is 0.244 e. The second-order valence-electron chi connectivity index (χ2n) is 6.52. The Hall–Kier alpha value is -1.39. The standard InChI is InChI=1S/C18H27N3O/c1-14(20-11-6-9-16(13-20)19-2)18(22)21-12-5-8-15-7-3-4-10-17(15)21/h3-4,7,10,14,16,19H,5-6,8-9,11-13H2,1-2H3. The highest BCUT2D eigenvalue weighted by Crippen LogP contribution is 2.28.